The Hall–Kier alpha value is -3.73. The second kappa shape index (κ2) is 8.19. The second-order valence-corrected chi connectivity index (χ2v) is 9.64. The van der Waals surface area contributed by atoms with Crippen molar-refractivity contribution in [2.75, 3.05) is 0 Å². The number of fused-ring (bicyclic) bond motifs is 2. The number of hydrogen-bond acceptors (Lipinski definition) is 3. The van der Waals surface area contributed by atoms with Gasteiger partial charge in [-0.2, -0.15) is 0 Å². The number of pyridine rings is 1. The van der Waals surface area contributed by atoms with Crippen LogP contribution in [0, 0.1) is 11.7 Å². The molecular formula is C30H26FNO3. The van der Waals surface area contributed by atoms with Gasteiger partial charge in [0.05, 0.1) is 11.4 Å². The van der Waals surface area contributed by atoms with Gasteiger partial charge in [-0.15, -0.1) is 0 Å². The average molecular weight is 468 g/mol. The minimum Gasteiger partial charge on any atom is -0.486 e. The number of carboxylic acids is 1. The smallest absolute Gasteiger partial charge is 0.307 e. The zero-order chi connectivity index (χ0) is 24.2. The van der Waals surface area contributed by atoms with E-state index in [0.29, 0.717) is 24.2 Å². The number of carbonyl (C=O) groups is 1. The van der Waals surface area contributed by atoms with Gasteiger partial charge in [0.15, 0.2) is 0 Å². The molecule has 0 radical (unpaired) electrons. The van der Waals surface area contributed by atoms with Gasteiger partial charge in [-0.25, -0.2) is 4.39 Å². The van der Waals surface area contributed by atoms with Crippen molar-refractivity contribution in [1.29, 1.82) is 0 Å². The van der Waals surface area contributed by atoms with Crippen LogP contribution < -0.4 is 4.74 Å². The van der Waals surface area contributed by atoms with Crippen molar-refractivity contribution in [3.05, 3.63) is 95.4 Å². The number of halogens is 1. The molecule has 1 aromatic heterocycles. The summed E-state index contributed by atoms with van der Waals surface area (Å²) in [5.41, 5.74) is 5.38. The van der Waals surface area contributed by atoms with Crippen molar-refractivity contribution in [2.24, 2.45) is 5.92 Å². The predicted octanol–water partition coefficient (Wildman–Crippen LogP) is 6.86. The van der Waals surface area contributed by atoms with Crippen LogP contribution in [0.25, 0.3) is 22.0 Å². The summed E-state index contributed by atoms with van der Waals surface area (Å²) in [5.74, 6) is -0.626. The van der Waals surface area contributed by atoms with Crippen LogP contribution >= 0.6 is 0 Å². The third-order valence-corrected chi connectivity index (χ3v) is 7.93. The Kier molecular flexibility index (Phi) is 5.10. The fourth-order valence-electron chi connectivity index (χ4n) is 5.95. The first kappa shape index (κ1) is 21.8. The van der Waals surface area contributed by atoms with Crippen molar-refractivity contribution >= 4 is 16.9 Å². The summed E-state index contributed by atoms with van der Waals surface area (Å²) in [6.07, 6.45) is 4.34. The van der Waals surface area contributed by atoms with Crippen LogP contribution in [-0.2, 0) is 16.6 Å². The maximum atomic E-state index is 15.1. The highest BCUT2D eigenvalue weighted by molar-refractivity contribution is 5.95. The average Bonchev–Trinajstić information content (AvgIpc) is 3.50. The fourth-order valence-corrected chi connectivity index (χ4v) is 5.95. The highest BCUT2D eigenvalue weighted by Gasteiger charge is 2.58. The number of para-hydroxylation sites is 1. The van der Waals surface area contributed by atoms with Gasteiger partial charge in [-0.1, -0.05) is 43.3 Å². The van der Waals surface area contributed by atoms with E-state index < -0.39 is 5.97 Å². The molecule has 0 amide bonds. The SMILES string of the molecule is CC[C@]1(c2ccc(O[C@@H]3CCc4c(-c5ccnc6ccccc56)ccc(F)c43)cc2)C[C@@H]1C(=O)O. The quantitative estimate of drug-likeness (QED) is 0.337. The first-order chi connectivity index (χ1) is 17.0. The second-order valence-electron chi connectivity index (χ2n) is 9.64. The largest absolute Gasteiger partial charge is 0.486 e. The van der Waals surface area contributed by atoms with Crippen LogP contribution in [0.3, 0.4) is 0 Å². The first-order valence-electron chi connectivity index (χ1n) is 12.2. The lowest BCUT2D eigenvalue weighted by Crippen LogP contribution is -2.14. The molecule has 1 saturated carbocycles. The third kappa shape index (κ3) is 3.49. The number of hydrogen-bond donors (Lipinski definition) is 1. The first-order valence-corrected chi connectivity index (χ1v) is 12.2. The minimum atomic E-state index is -0.733. The monoisotopic (exact) mass is 467 g/mol. The summed E-state index contributed by atoms with van der Waals surface area (Å²) >= 11 is 0. The molecule has 0 unspecified atom stereocenters. The van der Waals surface area contributed by atoms with Gasteiger partial charge in [-0.3, -0.25) is 9.78 Å². The van der Waals surface area contributed by atoms with Crippen molar-refractivity contribution in [2.45, 2.75) is 44.1 Å². The molecule has 3 atom stereocenters. The molecule has 3 aromatic carbocycles. The zero-order valence-corrected chi connectivity index (χ0v) is 19.5. The molecule has 6 rings (SSSR count). The summed E-state index contributed by atoms with van der Waals surface area (Å²) < 4.78 is 21.4. The Morgan fingerprint density at radius 2 is 1.89 bits per heavy atom. The van der Waals surface area contributed by atoms with Gasteiger partial charge in [0, 0.05) is 22.6 Å². The van der Waals surface area contributed by atoms with Crippen LogP contribution in [-0.4, -0.2) is 16.1 Å². The molecule has 1 fully saturated rings. The molecule has 2 aliphatic rings. The minimum absolute atomic E-state index is 0.242. The summed E-state index contributed by atoms with van der Waals surface area (Å²) in [4.78, 5) is 16.0. The molecule has 1 heterocycles. The molecule has 35 heavy (non-hydrogen) atoms. The van der Waals surface area contributed by atoms with E-state index in [4.69, 9.17) is 4.74 Å². The number of ether oxygens (including phenoxy) is 1. The standard InChI is InChI=1S/C30H26FNO3/c1-2-30(17-24(30)29(33)34)18-7-9-19(10-8-18)35-27-14-12-23-20(11-13-25(31)28(23)27)21-15-16-32-26-6-4-3-5-22(21)26/h3-11,13,15-16,24,27H,2,12,14,17H2,1H3,(H,33,34)/t24-,27-,30-/m1/s1. The van der Waals surface area contributed by atoms with E-state index >= 15 is 4.39 Å². The van der Waals surface area contributed by atoms with Crippen molar-refractivity contribution in [3.8, 4) is 16.9 Å². The Morgan fingerprint density at radius 3 is 2.63 bits per heavy atom. The molecule has 4 nitrogen and oxygen atoms in total. The summed E-state index contributed by atoms with van der Waals surface area (Å²) in [5, 5.41) is 10.5. The topological polar surface area (TPSA) is 59.4 Å². The van der Waals surface area contributed by atoms with Crippen molar-refractivity contribution < 1.29 is 19.0 Å². The van der Waals surface area contributed by atoms with Gasteiger partial charge in [0.1, 0.15) is 17.7 Å². The van der Waals surface area contributed by atoms with E-state index in [-0.39, 0.29) is 23.3 Å². The lowest BCUT2D eigenvalue weighted by Gasteiger charge is -2.19. The van der Waals surface area contributed by atoms with Crippen LogP contribution in [0.15, 0.2) is 72.9 Å². The van der Waals surface area contributed by atoms with Crippen LogP contribution in [0.1, 0.15) is 49.0 Å². The third-order valence-electron chi connectivity index (χ3n) is 7.93. The lowest BCUT2D eigenvalue weighted by atomic mass is 9.90. The zero-order valence-electron chi connectivity index (χ0n) is 19.5. The number of aliphatic carboxylic acids is 1. The molecule has 5 heteroatoms. The maximum absolute atomic E-state index is 15.1. The fraction of sp³-hybridized carbons (Fsp3) is 0.267. The molecule has 0 saturated heterocycles. The number of benzene rings is 3. The molecule has 0 spiro atoms. The van der Waals surface area contributed by atoms with Gasteiger partial charge < -0.3 is 9.84 Å². The van der Waals surface area contributed by atoms with Crippen LogP contribution in [0.4, 0.5) is 4.39 Å². The number of carboxylic acid groups (broad SMARTS) is 1. The number of aromatic nitrogens is 1. The molecule has 2 aliphatic carbocycles. The van der Waals surface area contributed by atoms with E-state index in [9.17, 15) is 9.90 Å². The Balaban J connectivity index is 1.30. The Labute approximate surface area is 203 Å². The van der Waals surface area contributed by atoms with Crippen LogP contribution in [0.5, 0.6) is 5.75 Å². The van der Waals surface area contributed by atoms with E-state index in [0.717, 1.165) is 46.0 Å². The molecule has 4 aromatic rings. The number of rotatable bonds is 6. The van der Waals surface area contributed by atoms with Gasteiger partial charge in [-0.05, 0) is 78.3 Å². The molecule has 176 valence electrons. The maximum Gasteiger partial charge on any atom is 0.307 e. The molecule has 0 aliphatic heterocycles. The lowest BCUT2D eigenvalue weighted by molar-refractivity contribution is -0.139. The molecule has 0 bridgehead atoms. The Morgan fingerprint density at radius 1 is 1.09 bits per heavy atom. The van der Waals surface area contributed by atoms with Crippen molar-refractivity contribution in [1.82, 2.24) is 4.98 Å². The van der Waals surface area contributed by atoms with E-state index in [1.165, 1.54) is 6.07 Å². The van der Waals surface area contributed by atoms with E-state index in [1.807, 2.05) is 61.5 Å². The summed E-state index contributed by atoms with van der Waals surface area (Å²) in [7, 11) is 0. The molecule has 1 N–H and O–H groups in total. The highest BCUT2D eigenvalue weighted by atomic mass is 19.1. The van der Waals surface area contributed by atoms with Crippen molar-refractivity contribution in [3.63, 3.8) is 0 Å². The van der Waals surface area contributed by atoms with Gasteiger partial charge >= 0.3 is 5.97 Å². The van der Waals surface area contributed by atoms with Gasteiger partial charge in [0.25, 0.3) is 0 Å². The summed E-state index contributed by atoms with van der Waals surface area (Å²) in [6, 6.07) is 21.1. The normalized spacial score (nSPS) is 22.7. The predicted molar refractivity (Wildman–Crippen MR) is 133 cm³/mol. The Bertz CT molecular complexity index is 1440. The number of nitrogens with zero attached hydrogens (tertiary/aromatic N) is 1. The highest BCUT2D eigenvalue weighted by Crippen LogP contribution is 2.57. The molecular weight excluding hydrogens is 441 g/mol. The van der Waals surface area contributed by atoms with Gasteiger partial charge in [0.2, 0.25) is 0 Å². The van der Waals surface area contributed by atoms with E-state index in [2.05, 4.69) is 11.1 Å². The van der Waals surface area contributed by atoms with Crippen LogP contribution in [0.2, 0.25) is 0 Å². The van der Waals surface area contributed by atoms with E-state index in [1.54, 1.807) is 6.20 Å². The summed E-state index contributed by atoms with van der Waals surface area (Å²) in [6.45, 7) is 2.04.